The van der Waals surface area contributed by atoms with Gasteiger partial charge in [-0.1, -0.05) is 72.8 Å². The van der Waals surface area contributed by atoms with Crippen LogP contribution < -0.4 is 5.32 Å². The van der Waals surface area contributed by atoms with Crippen LogP contribution in [0.15, 0.2) is 156 Å². The maximum atomic E-state index is 5.06. The van der Waals surface area contributed by atoms with E-state index in [-0.39, 0.29) is 6.17 Å². The molecule has 0 fully saturated rings. The Morgan fingerprint density at radius 3 is 0.976 bits per heavy atom. The van der Waals surface area contributed by atoms with Crippen molar-refractivity contribution in [2.75, 3.05) is 0 Å². The molecule has 3 aromatic carbocycles. The minimum Gasteiger partial charge on any atom is -0.324 e. The van der Waals surface area contributed by atoms with E-state index in [2.05, 4.69) is 93.1 Å². The highest BCUT2D eigenvalue weighted by molar-refractivity contribution is 6.16. The quantitative estimate of drug-likeness (QED) is 0.238. The molecule has 7 rings (SSSR count). The lowest BCUT2D eigenvalue weighted by Crippen LogP contribution is -2.36. The molecule has 0 spiro atoms. The maximum absolute atomic E-state index is 5.06. The number of nitrogens with zero attached hydrogens (tertiary/aromatic N) is 5. The van der Waals surface area contributed by atoms with E-state index >= 15 is 0 Å². The SMILES string of the molecule is c1cc(-c2ccc(C3=NC(c4ccc(-c5ccncc5)cc4)N=C(c4ccc(-c5ccncc5)cc4)N3)cc2)ccn1. The van der Waals surface area contributed by atoms with Crippen LogP contribution in [-0.2, 0) is 0 Å². The Hall–Kier alpha value is -5.75. The molecule has 6 nitrogen and oxygen atoms in total. The van der Waals surface area contributed by atoms with Gasteiger partial charge in [0.05, 0.1) is 0 Å². The van der Waals surface area contributed by atoms with Gasteiger partial charge in [0.2, 0.25) is 0 Å². The zero-order valence-electron chi connectivity index (χ0n) is 22.7. The second kappa shape index (κ2) is 11.4. The summed E-state index contributed by atoms with van der Waals surface area (Å²) in [5.41, 5.74) is 9.76. The summed E-state index contributed by atoms with van der Waals surface area (Å²) in [5, 5.41) is 3.51. The Morgan fingerprint density at radius 1 is 0.333 bits per heavy atom. The number of aromatic nitrogens is 3. The summed E-state index contributed by atoms with van der Waals surface area (Å²) in [5.74, 6) is 1.56. The second-order valence-electron chi connectivity index (χ2n) is 9.94. The van der Waals surface area contributed by atoms with Gasteiger partial charge in [0.1, 0.15) is 11.7 Å². The number of hydrogen-bond acceptors (Lipinski definition) is 6. The molecule has 0 aliphatic carbocycles. The Morgan fingerprint density at radius 2 is 0.619 bits per heavy atom. The molecule has 0 amide bonds. The number of hydrogen-bond donors (Lipinski definition) is 1. The number of benzene rings is 3. The molecule has 1 N–H and O–H groups in total. The van der Waals surface area contributed by atoms with Crippen molar-refractivity contribution in [3.8, 4) is 33.4 Å². The van der Waals surface area contributed by atoms with E-state index < -0.39 is 0 Å². The standard InChI is InChI=1S/C36H26N6/c1-7-31(8-2-25(1)28-13-19-37-20-14-28)34-40-35(32-9-3-26(4-10-32)29-15-21-38-22-16-29)42-36(41-34)33-11-5-27(6-12-33)30-17-23-39-24-18-30/h1-24,34H,(H,40,41,42). The van der Waals surface area contributed by atoms with E-state index in [0.717, 1.165) is 61.7 Å². The molecule has 4 heterocycles. The molecule has 0 radical (unpaired) electrons. The second-order valence-corrected chi connectivity index (χ2v) is 9.94. The molecule has 3 aromatic heterocycles. The molecule has 200 valence electrons. The highest BCUT2D eigenvalue weighted by atomic mass is 15.2. The Bertz CT molecular complexity index is 1750. The van der Waals surface area contributed by atoms with Crippen molar-refractivity contribution in [3.05, 3.63) is 163 Å². The Labute approximate surface area is 244 Å². The van der Waals surface area contributed by atoms with Crippen LogP contribution >= 0.6 is 0 Å². The lowest BCUT2D eigenvalue weighted by Gasteiger charge is -2.23. The lowest BCUT2D eigenvalue weighted by atomic mass is 10.0. The molecule has 6 aromatic rings. The van der Waals surface area contributed by atoms with Gasteiger partial charge in [-0.25, -0.2) is 9.98 Å². The summed E-state index contributed by atoms with van der Waals surface area (Å²) in [6.45, 7) is 0. The first-order chi connectivity index (χ1) is 20.8. The van der Waals surface area contributed by atoms with Crippen LogP contribution in [-0.4, -0.2) is 26.6 Å². The fourth-order valence-corrected chi connectivity index (χ4v) is 5.01. The summed E-state index contributed by atoms with van der Waals surface area (Å²) in [4.78, 5) is 22.5. The predicted octanol–water partition coefficient (Wildman–Crippen LogP) is 7.37. The fourth-order valence-electron chi connectivity index (χ4n) is 5.01. The number of pyridine rings is 3. The number of rotatable bonds is 6. The van der Waals surface area contributed by atoms with Crippen LogP contribution in [0.4, 0.5) is 0 Å². The van der Waals surface area contributed by atoms with E-state index in [0.29, 0.717) is 0 Å². The molecular weight excluding hydrogens is 516 g/mol. The van der Waals surface area contributed by atoms with Crippen LogP contribution in [0, 0.1) is 0 Å². The van der Waals surface area contributed by atoms with E-state index in [1.165, 1.54) is 0 Å². The van der Waals surface area contributed by atoms with E-state index in [1.54, 1.807) is 0 Å². The van der Waals surface area contributed by atoms with E-state index in [9.17, 15) is 0 Å². The van der Waals surface area contributed by atoms with Gasteiger partial charge < -0.3 is 5.32 Å². The first-order valence-electron chi connectivity index (χ1n) is 13.7. The minimum atomic E-state index is -0.387. The third-order valence-electron chi connectivity index (χ3n) is 7.31. The van der Waals surface area contributed by atoms with Gasteiger partial charge in [0.15, 0.2) is 6.17 Å². The van der Waals surface area contributed by atoms with Crippen molar-refractivity contribution >= 4 is 11.7 Å². The summed E-state index contributed by atoms with van der Waals surface area (Å²) in [6.07, 6.45) is 10.5. The molecule has 0 atom stereocenters. The van der Waals surface area contributed by atoms with Gasteiger partial charge in [-0.05, 0) is 75.3 Å². The van der Waals surface area contributed by atoms with Gasteiger partial charge in [0.25, 0.3) is 0 Å². The van der Waals surface area contributed by atoms with Gasteiger partial charge in [0, 0.05) is 48.3 Å². The van der Waals surface area contributed by atoms with Crippen LogP contribution in [0.1, 0.15) is 22.9 Å². The summed E-state index contributed by atoms with van der Waals surface area (Å²) >= 11 is 0. The Balaban J connectivity index is 1.23. The number of nitrogens with one attached hydrogen (secondary N) is 1. The highest BCUT2D eigenvalue weighted by Crippen LogP contribution is 2.28. The summed E-state index contributed by atoms with van der Waals surface area (Å²) in [6, 6.07) is 37.4. The topological polar surface area (TPSA) is 75.4 Å². The van der Waals surface area contributed by atoms with Gasteiger partial charge in [-0.15, -0.1) is 0 Å². The van der Waals surface area contributed by atoms with Crippen LogP contribution in [0.25, 0.3) is 33.4 Å². The third-order valence-corrected chi connectivity index (χ3v) is 7.31. The molecule has 0 saturated carbocycles. The average Bonchev–Trinajstić information content (AvgIpc) is 3.09. The lowest BCUT2D eigenvalue weighted by molar-refractivity contribution is 0.756. The van der Waals surface area contributed by atoms with Crippen LogP contribution in [0.3, 0.4) is 0 Å². The average molecular weight is 543 g/mol. The smallest absolute Gasteiger partial charge is 0.169 e. The van der Waals surface area contributed by atoms with Crippen LogP contribution in [0.2, 0.25) is 0 Å². The molecule has 42 heavy (non-hydrogen) atoms. The van der Waals surface area contributed by atoms with Crippen molar-refractivity contribution in [1.82, 2.24) is 20.3 Å². The van der Waals surface area contributed by atoms with Crippen molar-refractivity contribution < 1.29 is 0 Å². The van der Waals surface area contributed by atoms with Crippen molar-refractivity contribution in [2.45, 2.75) is 6.17 Å². The first kappa shape index (κ1) is 25.2. The number of amidine groups is 2. The van der Waals surface area contributed by atoms with Gasteiger partial charge in [-0.3, -0.25) is 15.0 Å². The summed E-state index contributed by atoms with van der Waals surface area (Å²) < 4.78 is 0. The number of aliphatic imine (C=N–C) groups is 2. The predicted molar refractivity (Wildman–Crippen MR) is 168 cm³/mol. The molecule has 1 aliphatic rings. The van der Waals surface area contributed by atoms with E-state index in [4.69, 9.17) is 9.98 Å². The van der Waals surface area contributed by atoms with Gasteiger partial charge >= 0.3 is 0 Å². The normalized spacial score (nSPS) is 13.1. The largest absolute Gasteiger partial charge is 0.324 e. The zero-order chi connectivity index (χ0) is 28.1. The van der Waals surface area contributed by atoms with Gasteiger partial charge in [-0.2, -0.15) is 0 Å². The third kappa shape index (κ3) is 5.33. The maximum Gasteiger partial charge on any atom is 0.169 e. The molecule has 1 aliphatic heterocycles. The fraction of sp³-hybridized carbons (Fsp3) is 0.0278. The zero-order valence-corrected chi connectivity index (χ0v) is 22.7. The van der Waals surface area contributed by atoms with Crippen molar-refractivity contribution in [1.29, 1.82) is 0 Å². The monoisotopic (exact) mass is 542 g/mol. The minimum absolute atomic E-state index is 0.387. The highest BCUT2D eigenvalue weighted by Gasteiger charge is 2.21. The summed E-state index contributed by atoms with van der Waals surface area (Å²) in [7, 11) is 0. The van der Waals surface area contributed by atoms with Crippen molar-refractivity contribution in [3.63, 3.8) is 0 Å². The molecule has 0 bridgehead atoms. The van der Waals surface area contributed by atoms with E-state index in [1.807, 2.05) is 73.6 Å². The van der Waals surface area contributed by atoms with Crippen molar-refractivity contribution in [2.24, 2.45) is 9.98 Å². The molecule has 0 saturated heterocycles. The first-order valence-corrected chi connectivity index (χ1v) is 13.7. The Kier molecular flexibility index (Phi) is 6.84. The molecule has 6 heteroatoms. The van der Waals surface area contributed by atoms with Crippen LogP contribution in [0.5, 0.6) is 0 Å². The molecule has 0 unspecified atom stereocenters. The molecular formula is C36H26N6.